The van der Waals surface area contributed by atoms with Gasteiger partial charge in [0.25, 0.3) is 5.91 Å². The minimum absolute atomic E-state index is 0.0832. The first-order valence-corrected chi connectivity index (χ1v) is 8.67. The lowest BCUT2D eigenvalue weighted by atomic mass is 10.1. The van der Waals surface area contributed by atoms with Gasteiger partial charge in [-0.2, -0.15) is 5.26 Å². The van der Waals surface area contributed by atoms with E-state index in [-0.39, 0.29) is 5.57 Å². The van der Waals surface area contributed by atoms with Crippen molar-refractivity contribution in [1.82, 2.24) is 0 Å². The number of carbonyl (C=O) groups excluding carboxylic acids is 1. The molecule has 0 atom stereocenters. The van der Waals surface area contributed by atoms with Gasteiger partial charge < -0.3 is 14.8 Å². The minimum Gasteiger partial charge on any atom is -0.493 e. The number of benzene rings is 2. The number of methoxy groups -OCH3 is 2. The van der Waals surface area contributed by atoms with Crippen LogP contribution in [-0.2, 0) is 4.79 Å². The fourth-order valence-corrected chi connectivity index (χ4v) is 2.87. The van der Waals surface area contributed by atoms with Crippen molar-refractivity contribution >= 4 is 45.2 Å². The molecule has 1 N–H and O–H groups in total. The van der Waals surface area contributed by atoms with E-state index in [2.05, 4.69) is 21.2 Å². The molecular weight excluding hydrogens is 420 g/mol. The number of carbonyl (C=O) groups is 1. The maximum absolute atomic E-state index is 12.5. The van der Waals surface area contributed by atoms with Crippen LogP contribution < -0.4 is 14.8 Å². The van der Waals surface area contributed by atoms with Gasteiger partial charge in [0.1, 0.15) is 11.6 Å². The van der Waals surface area contributed by atoms with E-state index < -0.39 is 5.91 Å². The van der Waals surface area contributed by atoms with Crippen molar-refractivity contribution in [3.63, 3.8) is 0 Å². The van der Waals surface area contributed by atoms with E-state index in [0.29, 0.717) is 27.8 Å². The van der Waals surface area contributed by atoms with E-state index in [9.17, 15) is 10.1 Å². The van der Waals surface area contributed by atoms with Crippen LogP contribution in [0.1, 0.15) is 11.1 Å². The molecule has 0 unspecified atom stereocenters. The molecule has 2 aromatic rings. The highest BCUT2D eigenvalue weighted by Crippen LogP contribution is 2.36. The van der Waals surface area contributed by atoms with E-state index in [1.165, 1.54) is 20.3 Å². The molecule has 0 aliphatic heterocycles. The van der Waals surface area contributed by atoms with Crippen LogP contribution in [0.25, 0.3) is 6.08 Å². The third-order valence-corrected chi connectivity index (χ3v) is 4.43. The highest BCUT2D eigenvalue weighted by atomic mass is 79.9. The topological polar surface area (TPSA) is 71.3 Å². The molecule has 0 aliphatic rings. The third kappa shape index (κ3) is 4.57. The number of halogens is 2. The van der Waals surface area contributed by atoms with Crippen molar-refractivity contribution in [3.8, 4) is 17.6 Å². The summed E-state index contributed by atoms with van der Waals surface area (Å²) in [5.41, 5.74) is 1.85. The predicted molar refractivity (Wildman–Crippen MR) is 106 cm³/mol. The van der Waals surface area contributed by atoms with Gasteiger partial charge in [-0.05, 0) is 42.8 Å². The summed E-state index contributed by atoms with van der Waals surface area (Å²) in [5, 5.41) is 12.6. The fourth-order valence-electron chi connectivity index (χ4n) is 2.24. The molecule has 26 heavy (non-hydrogen) atoms. The summed E-state index contributed by atoms with van der Waals surface area (Å²) in [5.74, 6) is 0.360. The van der Waals surface area contributed by atoms with Crippen LogP contribution in [0.4, 0.5) is 5.69 Å². The van der Waals surface area contributed by atoms with Gasteiger partial charge in [0, 0.05) is 20.7 Å². The van der Waals surface area contributed by atoms with Crippen molar-refractivity contribution in [2.45, 2.75) is 6.92 Å². The zero-order chi connectivity index (χ0) is 19.3. The van der Waals surface area contributed by atoms with Crippen LogP contribution in [0.3, 0.4) is 0 Å². The number of aryl methyl sites for hydroxylation is 1. The van der Waals surface area contributed by atoms with Gasteiger partial charge in [-0.25, -0.2) is 0 Å². The minimum atomic E-state index is -0.548. The summed E-state index contributed by atoms with van der Waals surface area (Å²) in [6.45, 7) is 1.86. The summed E-state index contributed by atoms with van der Waals surface area (Å²) in [6, 6.07) is 10.5. The standard InChI is InChI=1S/C19H16BrClN2O3/c1-11-4-5-15(9-16(11)21)23-19(24)13(10-22)6-12-7-14(20)8-17(25-2)18(12)26-3/h4-9H,1-3H3,(H,23,24)/b13-6+. The first-order chi connectivity index (χ1) is 12.4. The Kier molecular flexibility index (Phi) is 6.67. The summed E-state index contributed by atoms with van der Waals surface area (Å²) in [4.78, 5) is 12.5. The molecular formula is C19H16BrClN2O3. The SMILES string of the molecule is COc1cc(Br)cc(/C=C(\C#N)C(=O)Nc2ccc(C)c(Cl)c2)c1OC. The average Bonchev–Trinajstić information content (AvgIpc) is 2.62. The van der Waals surface area contributed by atoms with Gasteiger partial charge in [0.05, 0.1) is 14.2 Å². The number of rotatable bonds is 5. The maximum atomic E-state index is 12.5. The molecule has 2 rings (SSSR count). The highest BCUT2D eigenvalue weighted by Gasteiger charge is 2.15. The molecule has 0 saturated carbocycles. The van der Waals surface area contributed by atoms with Gasteiger partial charge in [-0.3, -0.25) is 4.79 Å². The summed E-state index contributed by atoms with van der Waals surface area (Å²) in [7, 11) is 3.00. The number of amides is 1. The van der Waals surface area contributed by atoms with Gasteiger partial charge in [-0.15, -0.1) is 0 Å². The van der Waals surface area contributed by atoms with Crippen LogP contribution in [-0.4, -0.2) is 20.1 Å². The Morgan fingerprint density at radius 2 is 2.00 bits per heavy atom. The normalized spacial score (nSPS) is 10.8. The summed E-state index contributed by atoms with van der Waals surface area (Å²) in [6.07, 6.45) is 1.44. The molecule has 0 aromatic heterocycles. The van der Waals surface area contributed by atoms with Crippen molar-refractivity contribution in [3.05, 3.63) is 56.5 Å². The lowest BCUT2D eigenvalue weighted by molar-refractivity contribution is -0.112. The average molecular weight is 436 g/mol. The first kappa shape index (κ1) is 19.8. The molecule has 0 bridgehead atoms. The Morgan fingerprint density at radius 1 is 1.27 bits per heavy atom. The number of nitriles is 1. The molecule has 0 saturated heterocycles. The third-order valence-electron chi connectivity index (χ3n) is 3.57. The van der Waals surface area contributed by atoms with Gasteiger partial charge in [0.15, 0.2) is 11.5 Å². The molecule has 0 fully saturated rings. The van der Waals surface area contributed by atoms with Crippen LogP contribution in [0.15, 0.2) is 40.4 Å². The Bertz CT molecular complexity index is 920. The Hall–Kier alpha value is -2.49. The molecule has 0 spiro atoms. The smallest absolute Gasteiger partial charge is 0.266 e. The second kappa shape index (κ2) is 8.75. The first-order valence-electron chi connectivity index (χ1n) is 7.50. The van der Waals surface area contributed by atoms with E-state index >= 15 is 0 Å². The summed E-state index contributed by atoms with van der Waals surface area (Å²) >= 11 is 9.44. The maximum Gasteiger partial charge on any atom is 0.266 e. The van der Waals surface area contributed by atoms with Gasteiger partial charge in [0.2, 0.25) is 0 Å². The number of nitrogens with zero attached hydrogens (tertiary/aromatic N) is 1. The predicted octanol–water partition coefficient (Wildman–Crippen LogP) is 4.97. The van der Waals surface area contributed by atoms with Crippen molar-refractivity contribution in [1.29, 1.82) is 5.26 Å². The van der Waals surface area contributed by atoms with Crippen LogP contribution in [0.5, 0.6) is 11.5 Å². The Balaban J connectivity index is 2.38. The summed E-state index contributed by atoms with van der Waals surface area (Å²) < 4.78 is 11.3. The zero-order valence-corrected chi connectivity index (χ0v) is 16.7. The lowest BCUT2D eigenvalue weighted by Crippen LogP contribution is -2.13. The largest absolute Gasteiger partial charge is 0.493 e. The number of anilines is 1. The van der Waals surface area contributed by atoms with Crippen molar-refractivity contribution in [2.24, 2.45) is 0 Å². The van der Waals surface area contributed by atoms with Crippen LogP contribution in [0.2, 0.25) is 5.02 Å². The van der Waals surface area contributed by atoms with Crippen LogP contribution >= 0.6 is 27.5 Å². The molecule has 134 valence electrons. The number of ether oxygens (including phenoxy) is 2. The monoisotopic (exact) mass is 434 g/mol. The zero-order valence-electron chi connectivity index (χ0n) is 14.4. The van der Waals surface area contributed by atoms with E-state index in [1.807, 2.05) is 13.0 Å². The quantitative estimate of drug-likeness (QED) is 0.531. The van der Waals surface area contributed by atoms with Crippen molar-refractivity contribution < 1.29 is 14.3 Å². The fraction of sp³-hybridized carbons (Fsp3) is 0.158. The molecule has 7 heteroatoms. The van der Waals surface area contributed by atoms with E-state index in [1.54, 1.807) is 30.3 Å². The van der Waals surface area contributed by atoms with Gasteiger partial charge >= 0.3 is 0 Å². The van der Waals surface area contributed by atoms with E-state index in [4.69, 9.17) is 21.1 Å². The number of nitrogens with one attached hydrogen (secondary N) is 1. The molecule has 1 amide bonds. The lowest BCUT2D eigenvalue weighted by Gasteiger charge is -2.12. The molecule has 0 radical (unpaired) electrons. The molecule has 0 aliphatic carbocycles. The second-order valence-electron chi connectivity index (χ2n) is 5.32. The second-order valence-corrected chi connectivity index (χ2v) is 6.64. The van der Waals surface area contributed by atoms with Crippen molar-refractivity contribution in [2.75, 3.05) is 19.5 Å². The Morgan fingerprint density at radius 3 is 2.58 bits per heavy atom. The van der Waals surface area contributed by atoms with E-state index in [0.717, 1.165) is 10.0 Å². The van der Waals surface area contributed by atoms with Crippen LogP contribution in [0, 0.1) is 18.3 Å². The molecule has 0 heterocycles. The Labute approximate surface area is 165 Å². The number of hydrogen-bond donors (Lipinski definition) is 1. The number of hydrogen-bond acceptors (Lipinski definition) is 4. The molecule has 2 aromatic carbocycles. The van der Waals surface area contributed by atoms with Gasteiger partial charge in [-0.1, -0.05) is 33.6 Å². The molecule has 5 nitrogen and oxygen atoms in total. The highest BCUT2D eigenvalue weighted by molar-refractivity contribution is 9.10.